The molecule has 0 unspecified atom stereocenters. The minimum Gasteiger partial charge on any atom is -0.264 e. The van der Waals surface area contributed by atoms with Crippen molar-refractivity contribution in [1.29, 1.82) is 0 Å². The van der Waals surface area contributed by atoms with Crippen LogP contribution in [0.15, 0.2) is 18.5 Å². The standard InChI is InChI=1S/C7H6F3N.C2H6/c1-5-2-6(4-11-3-5)7(8,9)10;1-2/h2-4H,1H3;1-2H3. The highest BCUT2D eigenvalue weighted by molar-refractivity contribution is 5.18. The van der Waals surface area contributed by atoms with Crippen molar-refractivity contribution in [3.05, 3.63) is 29.6 Å². The first-order chi connectivity index (χ1) is 6.00. The number of aryl methyl sites for hydroxylation is 1. The number of alkyl halides is 3. The van der Waals surface area contributed by atoms with Gasteiger partial charge in [-0.25, -0.2) is 0 Å². The maximum Gasteiger partial charge on any atom is 0.417 e. The van der Waals surface area contributed by atoms with Crippen LogP contribution in [-0.2, 0) is 6.18 Å². The lowest BCUT2D eigenvalue weighted by Gasteiger charge is -2.05. The number of rotatable bonds is 0. The summed E-state index contributed by atoms with van der Waals surface area (Å²) < 4.78 is 35.8. The molecule has 0 aliphatic carbocycles. The Hall–Kier alpha value is -1.06. The third kappa shape index (κ3) is 3.92. The first-order valence-corrected chi connectivity index (χ1v) is 3.99. The van der Waals surface area contributed by atoms with Crippen molar-refractivity contribution in [1.82, 2.24) is 4.98 Å². The number of hydrogen-bond donors (Lipinski definition) is 0. The summed E-state index contributed by atoms with van der Waals surface area (Å²) in [6, 6.07) is 1.06. The molecule has 1 aromatic heterocycles. The van der Waals surface area contributed by atoms with Crippen LogP contribution < -0.4 is 0 Å². The van der Waals surface area contributed by atoms with E-state index in [-0.39, 0.29) is 0 Å². The molecule has 0 bridgehead atoms. The smallest absolute Gasteiger partial charge is 0.264 e. The molecule has 1 nitrogen and oxygen atoms in total. The topological polar surface area (TPSA) is 12.9 Å². The second-order valence-corrected chi connectivity index (χ2v) is 2.25. The molecule has 4 heteroatoms. The average Bonchev–Trinajstić information content (AvgIpc) is 2.06. The number of hydrogen-bond acceptors (Lipinski definition) is 1. The quantitative estimate of drug-likeness (QED) is 0.612. The summed E-state index contributed by atoms with van der Waals surface area (Å²) in [6.45, 7) is 5.57. The van der Waals surface area contributed by atoms with Crippen molar-refractivity contribution in [3.8, 4) is 0 Å². The lowest BCUT2D eigenvalue weighted by Crippen LogP contribution is -2.05. The van der Waals surface area contributed by atoms with Gasteiger partial charge in [-0.05, 0) is 18.6 Å². The summed E-state index contributed by atoms with van der Waals surface area (Å²) in [5.41, 5.74) is -0.183. The fourth-order valence-electron chi connectivity index (χ4n) is 0.710. The van der Waals surface area contributed by atoms with Gasteiger partial charge in [0.05, 0.1) is 5.56 Å². The fraction of sp³-hybridized carbons (Fsp3) is 0.444. The summed E-state index contributed by atoms with van der Waals surface area (Å²) >= 11 is 0. The Morgan fingerprint density at radius 3 is 2.00 bits per heavy atom. The van der Waals surface area contributed by atoms with Gasteiger partial charge in [-0.15, -0.1) is 0 Å². The molecule has 1 heterocycles. The van der Waals surface area contributed by atoms with Gasteiger partial charge in [-0.2, -0.15) is 13.2 Å². The Bertz CT molecular complexity index is 255. The van der Waals surface area contributed by atoms with E-state index >= 15 is 0 Å². The number of halogens is 3. The van der Waals surface area contributed by atoms with E-state index in [4.69, 9.17) is 0 Å². The highest BCUT2D eigenvalue weighted by Crippen LogP contribution is 2.28. The molecule has 0 aromatic carbocycles. The van der Waals surface area contributed by atoms with Crippen LogP contribution in [-0.4, -0.2) is 4.98 Å². The second kappa shape index (κ2) is 4.84. The van der Waals surface area contributed by atoms with Gasteiger partial charge in [0.15, 0.2) is 0 Å². The van der Waals surface area contributed by atoms with Gasteiger partial charge in [0, 0.05) is 12.4 Å². The van der Waals surface area contributed by atoms with Crippen LogP contribution in [0, 0.1) is 6.92 Å². The van der Waals surface area contributed by atoms with Gasteiger partial charge in [0.2, 0.25) is 0 Å². The zero-order valence-electron chi connectivity index (χ0n) is 7.81. The Morgan fingerprint density at radius 2 is 1.69 bits per heavy atom. The summed E-state index contributed by atoms with van der Waals surface area (Å²) in [7, 11) is 0. The van der Waals surface area contributed by atoms with Crippen molar-refractivity contribution in [2.75, 3.05) is 0 Å². The molecule has 1 aromatic rings. The van der Waals surface area contributed by atoms with Crippen molar-refractivity contribution in [3.63, 3.8) is 0 Å². The largest absolute Gasteiger partial charge is 0.417 e. The summed E-state index contributed by atoms with van der Waals surface area (Å²) in [5.74, 6) is 0. The summed E-state index contributed by atoms with van der Waals surface area (Å²) in [6.07, 6.45) is -2.08. The van der Waals surface area contributed by atoms with E-state index in [1.54, 1.807) is 6.92 Å². The van der Waals surface area contributed by atoms with Crippen LogP contribution in [0.5, 0.6) is 0 Å². The summed E-state index contributed by atoms with van der Waals surface area (Å²) in [4.78, 5) is 3.43. The van der Waals surface area contributed by atoms with Gasteiger partial charge >= 0.3 is 6.18 Å². The molecule has 13 heavy (non-hydrogen) atoms. The third-order valence-electron chi connectivity index (χ3n) is 1.20. The first-order valence-electron chi connectivity index (χ1n) is 3.99. The third-order valence-corrected chi connectivity index (χ3v) is 1.20. The molecule has 1 rings (SSSR count). The van der Waals surface area contributed by atoms with Crippen LogP contribution in [0.4, 0.5) is 13.2 Å². The highest BCUT2D eigenvalue weighted by Gasteiger charge is 2.30. The van der Waals surface area contributed by atoms with Gasteiger partial charge in [0.1, 0.15) is 0 Å². The van der Waals surface area contributed by atoms with E-state index in [0.29, 0.717) is 5.56 Å². The molecule has 0 atom stereocenters. The molecule has 0 radical (unpaired) electrons. The van der Waals surface area contributed by atoms with Gasteiger partial charge < -0.3 is 0 Å². The van der Waals surface area contributed by atoms with Crippen molar-refractivity contribution in [2.24, 2.45) is 0 Å². The van der Waals surface area contributed by atoms with Crippen LogP contribution in [0.3, 0.4) is 0 Å². The molecule has 0 aliphatic heterocycles. The minimum absolute atomic E-state index is 0.514. The predicted octanol–water partition coefficient (Wildman–Crippen LogP) is 3.44. The zero-order valence-corrected chi connectivity index (χ0v) is 7.81. The van der Waals surface area contributed by atoms with Gasteiger partial charge in [-0.3, -0.25) is 4.98 Å². The van der Waals surface area contributed by atoms with Crippen LogP contribution >= 0.6 is 0 Å². The Kier molecular flexibility index (Phi) is 4.45. The normalized spacial score (nSPS) is 10.3. The lowest BCUT2D eigenvalue weighted by molar-refractivity contribution is -0.137. The van der Waals surface area contributed by atoms with Gasteiger partial charge in [-0.1, -0.05) is 13.8 Å². The van der Waals surface area contributed by atoms with E-state index in [0.717, 1.165) is 12.3 Å². The first kappa shape index (κ1) is 11.9. The molecule has 0 N–H and O–H groups in total. The number of aromatic nitrogens is 1. The molecule has 0 saturated carbocycles. The molecule has 0 spiro atoms. The van der Waals surface area contributed by atoms with E-state index in [9.17, 15) is 13.2 Å². The van der Waals surface area contributed by atoms with Gasteiger partial charge in [0.25, 0.3) is 0 Å². The number of nitrogens with zero attached hydrogens (tertiary/aromatic N) is 1. The van der Waals surface area contributed by atoms with E-state index < -0.39 is 11.7 Å². The van der Waals surface area contributed by atoms with E-state index in [1.165, 1.54) is 6.20 Å². The van der Waals surface area contributed by atoms with Crippen LogP contribution in [0.2, 0.25) is 0 Å². The maximum atomic E-state index is 11.9. The second-order valence-electron chi connectivity index (χ2n) is 2.25. The molecule has 0 saturated heterocycles. The Morgan fingerprint density at radius 1 is 1.15 bits per heavy atom. The molecule has 0 fully saturated rings. The van der Waals surface area contributed by atoms with Crippen molar-refractivity contribution >= 4 is 0 Å². The number of pyridine rings is 1. The molecule has 74 valence electrons. The molecular weight excluding hydrogens is 179 g/mol. The Balaban J connectivity index is 0.000000671. The van der Waals surface area contributed by atoms with Crippen LogP contribution in [0.1, 0.15) is 25.0 Å². The molecule has 0 aliphatic rings. The average molecular weight is 191 g/mol. The highest BCUT2D eigenvalue weighted by atomic mass is 19.4. The van der Waals surface area contributed by atoms with Crippen LogP contribution in [0.25, 0.3) is 0 Å². The van der Waals surface area contributed by atoms with E-state index in [2.05, 4.69) is 4.98 Å². The summed E-state index contributed by atoms with van der Waals surface area (Å²) in [5, 5.41) is 0. The van der Waals surface area contributed by atoms with Crippen molar-refractivity contribution < 1.29 is 13.2 Å². The van der Waals surface area contributed by atoms with E-state index in [1.807, 2.05) is 13.8 Å². The van der Waals surface area contributed by atoms with Crippen molar-refractivity contribution in [2.45, 2.75) is 26.9 Å². The maximum absolute atomic E-state index is 11.9. The SMILES string of the molecule is CC.Cc1cncc(C(F)(F)F)c1. The monoisotopic (exact) mass is 191 g/mol. The molecule has 0 amide bonds. The molecular formula is C9H12F3N. The predicted molar refractivity (Wildman–Crippen MR) is 45.3 cm³/mol. The Labute approximate surface area is 75.6 Å². The zero-order chi connectivity index (χ0) is 10.5. The lowest BCUT2D eigenvalue weighted by atomic mass is 10.2. The fourth-order valence-corrected chi connectivity index (χ4v) is 0.710. The minimum atomic E-state index is -4.28.